The lowest BCUT2D eigenvalue weighted by molar-refractivity contribution is -0.142. The minimum atomic E-state index is -2.02. The van der Waals surface area contributed by atoms with Gasteiger partial charge in [0.2, 0.25) is 6.17 Å². The summed E-state index contributed by atoms with van der Waals surface area (Å²) in [5.74, 6) is -1.27. The number of benzene rings is 2. The van der Waals surface area contributed by atoms with Gasteiger partial charge in [0, 0.05) is 23.2 Å². The number of nitrogens with one attached hydrogen (secondary N) is 1. The van der Waals surface area contributed by atoms with Crippen molar-refractivity contribution < 1.29 is 19.0 Å². The van der Waals surface area contributed by atoms with E-state index in [0.717, 1.165) is 24.1 Å². The molecule has 3 rings (SSSR count). The minimum absolute atomic E-state index is 0.190. The molecule has 4 nitrogen and oxygen atoms in total. The molecule has 2 aromatic rings. The lowest BCUT2D eigenvalue weighted by Crippen LogP contribution is -2.26. The fourth-order valence-corrected chi connectivity index (χ4v) is 3.82. The zero-order valence-corrected chi connectivity index (χ0v) is 17.1. The second-order valence-electron chi connectivity index (χ2n) is 6.81. The molecule has 150 valence electrons. The first-order valence-electron chi connectivity index (χ1n) is 8.85. The highest BCUT2D eigenvalue weighted by atomic mass is 35.5. The molecule has 0 spiro atoms. The fraction of sp³-hybridized carbons (Fsp3) is 0.350. The Morgan fingerprint density at radius 2 is 1.82 bits per heavy atom. The number of alkyl halides is 1. The van der Waals surface area contributed by atoms with E-state index in [1.54, 1.807) is 6.07 Å². The van der Waals surface area contributed by atoms with E-state index in [-0.39, 0.29) is 28.8 Å². The number of aliphatic carboxylic acids is 1. The average molecular weight is 447 g/mol. The second kappa shape index (κ2) is 9.21. The van der Waals surface area contributed by atoms with Crippen molar-refractivity contribution in [3.05, 3.63) is 56.5 Å². The van der Waals surface area contributed by atoms with Crippen LogP contribution in [0.4, 0.5) is 10.1 Å². The van der Waals surface area contributed by atoms with Gasteiger partial charge in [-0.05, 0) is 60.7 Å². The van der Waals surface area contributed by atoms with Crippen LogP contribution < -0.4 is 10.1 Å². The molecular weight excluding hydrogens is 428 g/mol. The summed E-state index contributed by atoms with van der Waals surface area (Å²) in [4.78, 5) is 10.7. The molecule has 1 unspecified atom stereocenters. The molecule has 1 fully saturated rings. The largest absolute Gasteiger partial charge is 0.486 e. The summed E-state index contributed by atoms with van der Waals surface area (Å²) in [6, 6.07) is 9.02. The Hall–Kier alpha value is -1.69. The molecule has 0 aromatic heterocycles. The zero-order chi connectivity index (χ0) is 20.3. The van der Waals surface area contributed by atoms with Crippen LogP contribution in [0.3, 0.4) is 0 Å². The van der Waals surface area contributed by atoms with Crippen LogP contribution in [-0.2, 0) is 17.8 Å². The summed E-state index contributed by atoms with van der Waals surface area (Å²) >= 11 is 18.6. The van der Waals surface area contributed by atoms with E-state index >= 15 is 0 Å². The van der Waals surface area contributed by atoms with Gasteiger partial charge < -0.3 is 15.2 Å². The lowest BCUT2D eigenvalue weighted by atomic mass is 9.93. The summed E-state index contributed by atoms with van der Waals surface area (Å²) < 4.78 is 19.2. The van der Waals surface area contributed by atoms with Gasteiger partial charge in [-0.1, -0.05) is 34.8 Å². The van der Waals surface area contributed by atoms with Gasteiger partial charge in [0.15, 0.2) is 5.75 Å². The van der Waals surface area contributed by atoms with Gasteiger partial charge in [0.1, 0.15) is 6.61 Å². The highest BCUT2D eigenvalue weighted by Gasteiger charge is 2.19. The molecule has 1 saturated carbocycles. The lowest BCUT2D eigenvalue weighted by Gasteiger charge is -2.27. The Labute approximate surface area is 177 Å². The first-order chi connectivity index (χ1) is 13.3. The third-order valence-electron chi connectivity index (χ3n) is 4.56. The number of hydrogen-bond donors (Lipinski definition) is 2. The minimum Gasteiger partial charge on any atom is -0.486 e. The Morgan fingerprint density at radius 3 is 2.39 bits per heavy atom. The SMILES string of the molecule is O=C(O)C(F)Cc1cc(Cl)c(OCc2cc(Cl)cc(NC3CCC3)c2)c(Cl)c1. The van der Waals surface area contributed by atoms with Crippen molar-refractivity contribution in [2.24, 2.45) is 0 Å². The first kappa shape index (κ1) is 21.0. The van der Waals surface area contributed by atoms with E-state index < -0.39 is 12.1 Å². The van der Waals surface area contributed by atoms with E-state index in [9.17, 15) is 9.18 Å². The maximum Gasteiger partial charge on any atom is 0.338 e. The van der Waals surface area contributed by atoms with Gasteiger partial charge in [0.05, 0.1) is 10.0 Å². The molecule has 8 heteroatoms. The molecule has 0 aliphatic heterocycles. The Kier molecular flexibility index (Phi) is 6.91. The molecule has 2 N–H and O–H groups in total. The number of carbonyl (C=O) groups is 1. The van der Waals surface area contributed by atoms with E-state index in [4.69, 9.17) is 44.6 Å². The van der Waals surface area contributed by atoms with Crippen LogP contribution >= 0.6 is 34.8 Å². The van der Waals surface area contributed by atoms with Gasteiger partial charge >= 0.3 is 5.97 Å². The maximum atomic E-state index is 13.4. The number of carboxylic acid groups (broad SMARTS) is 1. The zero-order valence-electron chi connectivity index (χ0n) is 14.9. The maximum absolute atomic E-state index is 13.4. The molecule has 0 bridgehead atoms. The smallest absolute Gasteiger partial charge is 0.338 e. The van der Waals surface area contributed by atoms with Crippen molar-refractivity contribution in [2.45, 2.75) is 44.5 Å². The standard InChI is InChI=1S/C20H19Cl3FNO3/c21-13-4-12(5-15(9-13)25-14-2-1-3-14)10-28-19-16(22)6-11(7-17(19)23)8-18(24)20(26)27/h4-7,9,14,18,25H,1-3,8,10H2,(H,26,27). The fourth-order valence-electron chi connectivity index (χ4n) is 2.92. The second-order valence-corrected chi connectivity index (χ2v) is 8.06. The highest BCUT2D eigenvalue weighted by Crippen LogP contribution is 2.36. The van der Waals surface area contributed by atoms with Crippen molar-refractivity contribution in [3.8, 4) is 5.75 Å². The van der Waals surface area contributed by atoms with Crippen molar-refractivity contribution >= 4 is 46.5 Å². The molecule has 1 aliphatic carbocycles. The number of anilines is 1. The predicted molar refractivity (Wildman–Crippen MR) is 110 cm³/mol. The monoisotopic (exact) mass is 445 g/mol. The van der Waals surface area contributed by atoms with Crippen LogP contribution in [0.15, 0.2) is 30.3 Å². The molecule has 0 saturated heterocycles. The molecular formula is C20H19Cl3FNO3. The normalized spacial score (nSPS) is 15.0. The molecule has 1 atom stereocenters. The van der Waals surface area contributed by atoms with Crippen LogP contribution in [0.25, 0.3) is 0 Å². The van der Waals surface area contributed by atoms with Gasteiger partial charge in [0.25, 0.3) is 0 Å². The summed E-state index contributed by atoms with van der Waals surface area (Å²) in [5, 5.41) is 13.1. The van der Waals surface area contributed by atoms with Gasteiger partial charge in [-0.3, -0.25) is 0 Å². The van der Waals surface area contributed by atoms with Crippen LogP contribution in [-0.4, -0.2) is 23.3 Å². The van der Waals surface area contributed by atoms with E-state index in [1.807, 2.05) is 12.1 Å². The number of rotatable bonds is 8. The summed E-state index contributed by atoms with van der Waals surface area (Å²) in [6.45, 7) is 0.194. The Bertz CT molecular complexity index is 851. The molecule has 1 aliphatic rings. The van der Waals surface area contributed by atoms with Crippen LogP contribution in [0, 0.1) is 0 Å². The summed E-state index contributed by atoms with van der Waals surface area (Å²) in [5.41, 5.74) is 2.17. The van der Waals surface area contributed by atoms with Crippen molar-refractivity contribution in [1.29, 1.82) is 0 Å². The topological polar surface area (TPSA) is 58.6 Å². The van der Waals surface area contributed by atoms with E-state index in [0.29, 0.717) is 16.6 Å². The number of ether oxygens (including phenoxy) is 1. The van der Waals surface area contributed by atoms with Gasteiger partial charge in [-0.15, -0.1) is 0 Å². The third kappa shape index (κ3) is 5.43. The number of carboxylic acids is 1. The van der Waals surface area contributed by atoms with Crippen molar-refractivity contribution in [1.82, 2.24) is 0 Å². The molecule has 28 heavy (non-hydrogen) atoms. The van der Waals surface area contributed by atoms with Crippen LogP contribution in [0.5, 0.6) is 5.75 Å². The summed E-state index contributed by atoms with van der Waals surface area (Å²) in [6.07, 6.45) is 1.19. The molecule has 0 amide bonds. The molecule has 2 aromatic carbocycles. The van der Waals surface area contributed by atoms with E-state index in [1.165, 1.54) is 18.6 Å². The molecule has 0 radical (unpaired) electrons. The van der Waals surface area contributed by atoms with E-state index in [2.05, 4.69) is 5.32 Å². The Morgan fingerprint density at radius 1 is 1.14 bits per heavy atom. The van der Waals surface area contributed by atoms with Crippen molar-refractivity contribution in [3.63, 3.8) is 0 Å². The quantitative estimate of drug-likeness (QED) is 0.510. The van der Waals surface area contributed by atoms with Gasteiger partial charge in [-0.25, -0.2) is 9.18 Å². The van der Waals surface area contributed by atoms with Crippen LogP contribution in [0.1, 0.15) is 30.4 Å². The number of hydrogen-bond acceptors (Lipinski definition) is 3. The average Bonchev–Trinajstić information content (AvgIpc) is 2.57. The first-order valence-corrected chi connectivity index (χ1v) is 9.99. The predicted octanol–water partition coefficient (Wildman–Crippen LogP) is 6.16. The number of halogens is 4. The van der Waals surface area contributed by atoms with Crippen molar-refractivity contribution in [2.75, 3.05) is 5.32 Å². The third-order valence-corrected chi connectivity index (χ3v) is 5.34. The Balaban J connectivity index is 1.69. The highest BCUT2D eigenvalue weighted by molar-refractivity contribution is 6.37. The molecule has 0 heterocycles. The summed E-state index contributed by atoms with van der Waals surface area (Å²) in [7, 11) is 0. The van der Waals surface area contributed by atoms with Gasteiger partial charge in [-0.2, -0.15) is 0 Å². The van der Waals surface area contributed by atoms with Crippen LogP contribution in [0.2, 0.25) is 15.1 Å².